The Kier molecular flexibility index (Phi) is 5.37. The highest BCUT2D eigenvalue weighted by atomic mass is 16.5. The number of esters is 1. The number of hydrogen-bond donors (Lipinski definition) is 0. The van der Waals surface area contributed by atoms with E-state index in [0.717, 1.165) is 52.0 Å². The molecular weight excluding hydrogens is 258 g/mol. The van der Waals surface area contributed by atoms with E-state index in [1.165, 1.54) is 7.11 Å². The van der Waals surface area contributed by atoms with Crippen LogP contribution in [0.3, 0.4) is 0 Å². The zero-order valence-corrected chi connectivity index (χ0v) is 12.5. The average molecular weight is 283 g/mol. The van der Waals surface area contributed by atoms with Crippen molar-refractivity contribution in [2.75, 3.05) is 53.4 Å². The summed E-state index contributed by atoms with van der Waals surface area (Å²) in [5.74, 6) is -0.0789. The zero-order chi connectivity index (χ0) is 14.5. The van der Waals surface area contributed by atoms with Crippen molar-refractivity contribution in [1.29, 1.82) is 0 Å². The molecule has 1 atom stereocenters. The second kappa shape index (κ2) is 7.04. The number of likely N-dealkylation sites (N-methyl/N-ethyl adjacent to an activating group) is 1. The Bertz CT molecular complexity index is 354. The first-order chi connectivity index (χ1) is 9.61. The van der Waals surface area contributed by atoms with Crippen molar-refractivity contribution in [2.45, 2.75) is 25.3 Å². The third-order valence-electron chi connectivity index (χ3n) is 4.28. The van der Waals surface area contributed by atoms with E-state index < -0.39 is 0 Å². The third-order valence-corrected chi connectivity index (χ3v) is 4.28. The molecule has 2 fully saturated rings. The Balaban J connectivity index is 1.89. The van der Waals surface area contributed by atoms with Gasteiger partial charge in [-0.3, -0.25) is 14.5 Å². The number of amides is 1. The molecule has 0 aliphatic carbocycles. The number of piperazine rings is 1. The summed E-state index contributed by atoms with van der Waals surface area (Å²) >= 11 is 0. The molecule has 6 nitrogen and oxygen atoms in total. The first-order valence-electron chi connectivity index (χ1n) is 7.40. The van der Waals surface area contributed by atoms with Crippen LogP contribution in [-0.2, 0) is 14.3 Å². The first-order valence-corrected chi connectivity index (χ1v) is 7.40. The number of rotatable bonds is 3. The Labute approximate surface area is 120 Å². The van der Waals surface area contributed by atoms with Crippen molar-refractivity contribution < 1.29 is 14.3 Å². The summed E-state index contributed by atoms with van der Waals surface area (Å²) in [6, 6.07) is -0.245. The Hall–Kier alpha value is -1.14. The molecule has 0 aromatic heterocycles. The van der Waals surface area contributed by atoms with Gasteiger partial charge in [-0.2, -0.15) is 0 Å². The minimum atomic E-state index is -0.245. The van der Waals surface area contributed by atoms with E-state index >= 15 is 0 Å². The molecule has 0 N–H and O–H groups in total. The van der Waals surface area contributed by atoms with Crippen molar-refractivity contribution in [3.05, 3.63) is 0 Å². The van der Waals surface area contributed by atoms with Crippen molar-refractivity contribution in [1.82, 2.24) is 14.7 Å². The number of ether oxygens (including phenoxy) is 1. The van der Waals surface area contributed by atoms with Crippen LogP contribution < -0.4 is 0 Å². The van der Waals surface area contributed by atoms with Gasteiger partial charge < -0.3 is 14.5 Å². The van der Waals surface area contributed by atoms with E-state index in [1.807, 2.05) is 9.80 Å². The van der Waals surface area contributed by atoms with Crippen LogP contribution in [0.4, 0.5) is 0 Å². The summed E-state index contributed by atoms with van der Waals surface area (Å²) in [5.41, 5.74) is 0. The Morgan fingerprint density at radius 3 is 2.45 bits per heavy atom. The van der Waals surface area contributed by atoms with E-state index in [1.54, 1.807) is 0 Å². The van der Waals surface area contributed by atoms with E-state index in [4.69, 9.17) is 4.74 Å². The summed E-state index contributed by atoms with van der Waals surface area (Å²) < 4.78 is 4.85. The molecule has 20 heavy (non-hydrogen) atoms. The SMILES string of the molecule is COC(=O)C1CCCCN1CC(=O)N1CCN(C)CC1. The van der Waals surface area contributed by atoms with Crippen LogP contribution in [0.2, 0.25) is 0 Å². The molecule has 2 saturated heterocycles. The van der Waals surface area contributed by atoms with Crippen LogP contribution in [0.25, 0.3) is 0 Å². The van der Waals surface area contributed by atoms with Gasteiger partial charge in [-0.1, -0.05) is 6.42 Å². The van der Waals surface area contributed by atoms with Gasteiger partial charge in [0.2, 0.25) is 5.91 Å². The predicted molar refractivity (Wildman–Crippen MR) is 75.3 cm³/mol. The number of nitrogens with zero attached hydrogens (tertiary/aromatic N) is 3. The minimum absolute atomic E-state index is 0.133. The average Bonchev–Trinajstić information content (AvgIpc) is 2.47. The van der Waals surface area contributed by atoms with Gasteiger partial charge in [-0.25, -0.2) is 0 Å². The fourth-order valence-electron chi connectivity index (χ4n) is 2.91. The smallest absolute Gasteiger partial charge is 0.323 e. The lowest BCUT2D eigenvalue weighted by Gasteiger charge is -2.37. The maximum Gasteiger partial charge on any atom is 0.323 e. The van der Waals surface area contributed by atoms with Crippen LogP contribution in [0.15, 0.2) is 0 Å². The van der Waals surface area contributed by atoms with Crippen LogP contribution in [0.1, 0.15) is 19.3 Å². The summed E-state index contributed by atoms with van der Waals surface area (Å²) in [7, 11) is 3.48. The second-order valence-corrected chi connectivity index (χ2v) is 5.69. The standard InChI is InChI=1S/C14H25N3O3/c1-15-7-9-16(10-8-15)13(18)11-17-6-4-3-5-12(17)14(19)20-2/h12H,3-11H2,1-2H3. The Morgan fingerprint density at radius 1 is 1.10 bits per heavy atom. The normalized spacial score (nSPS) is 25.5. The van der Waals surface area contributed by atoms with Gasteiger partial charge in [0, 0.05) is 26.2 Å². The van der Waals surface area contributed by atoms with Gasteiger partial charge in [0.05, 0.1) is 13.7 Å². The number of methoxy groups -OCH3 is 1. The molecule has 2 aliphatic heterocycles. The number of piperidine rings is 1. The van der Waals surface area contributed by atoms with Crippen LogP contribution in [0.5, 0.6) is 0 Å². The molecule has 0 spiro atoms. The highest BCUT2D eigenvalue weighted by Gasteiger charge is 2.32. The zero-order valence-electron chi connectivity index (χ0n) is 12.5. The van der Waals surface area contributed by atoms with Crippen molar-refractivity contribution in [2.24, 2.45) is 0 Å². The van der Waals surface area contributed by atoms with E-state index in [9.17, 15) is 9.59 Å². The van der Waals surface area contributed by atoms with E-state index in [-0.39, 0.29) is 17.9 Å². The van der Waals surface area contributed by atoms with Gasteiger partial charge >= 0.3 is 5.97 Å². The van der Waals surface area contributed by atoms with Gasteiger partial charge in [0.1, 0.15) is 6.04 Å². The van der Waals surface area contributed by atoms with Crippen LogP contribution in [0, 0.1) is 0 Å². The minimum Gasteiger partial charge on any atom is -0.468 e. The maximum absolute atomic E-state index is 12.3. The van der Waals surface area contributed by atoms with Gasteiger partial charge in [0.25, 0.3) is 0 Å². The largest absolute Gasteiger partial charge is 0.468 e. The molecule has 2 heterocycles. The van der Waals surface area contributed by atoms with Gasteiger partial charge in [-0.05, 0) is 26.4 Å². The highest BCUT2D eigenvalue weighted by molar-refractivity contribution is 5.80. The molecule has 2 aliphatic rings. The molecular formula is C14H25N3O3. The van der Waals surface area contributed by atoms with E-state index in [0.29, 0.717) is 6.54 Å². The van der Waals surface area contributed by atoms with Crippen molar-refractivity contribution >= 4 is 11.9 Å². The van der Waals surface area contributed by atoms with E-state index in [2.05, 4.69) is 11.9 Å². The Morgan fingerprint density at radius 2 is 1.80 bits per heavy atom. The first kappa shape index (κ1) is 15.3. The topological polar surface area (TPSA) is 53.1 Å². The maximum atomic E-state index is 12.3. The molecule has 1 amide bonds. The van der Waals surface area contributed by atoms with Crippen LogP contribution in [-0.4, -0.2) is 86.0 Å². The number of likely N-dealkylation sites (tertiary alicyclic amines) is 1. The molecule has 0 bridgehead atoms. The summed E-state index contributed by atoms with van der Waals surface area (Å²) in [6.45, 7) is 4.55. The predicted octanol–water partition coefficient (Wildman–Crippen LogP) is -0.212. The van der Waals surface area contributed by atoms with Crippen LogP contribution >= 0.6 is 0 Å². The molecule has 2 rings (SSSR count). The summed E-state index contributed by atoms with van der Waals surface area (Å²) in [5, 5.41) is 0. The van der Waals surface area contributed by atoms with Gasteiger partial charge in [0.15, 0.2) is 0 Å². The number of hydrogen-bond acceptors (Lipinski definition) is 5. The fraction of sp³-hybridized carbons (Fsp3) is 0.857. The lowest BCUT2D eigenvalue weighted by atomic mass is 10.0. The third kappa shape index (κ3) is 3.70. The monoisotopic (exact) mass is 283 g/mol. The molecule has 0 aromatic rings. The summed E-state index contributed by atoms with van der Waals surface area (Å²) in [6.07, 6.45) is 2.87. The molecule has 6 heteroatoms. The fourth-order valence-corrected chi connectivity index (χ4v) is 2.91. The summed E-state index contributed by atoms with van der Waals surface area (Å²) in [4.78, 5) is 30.2. The highest BCUT2D eigenvalue weighted by Crippen LogP contribution is 2.18. The lowest BCUT2D eigenvalue weighted by Crippen LogP contribution is -2.53. The second-order valence-electron chi connectivity index (χ2n) is 5.69. The molecule has 114 valence electrons. The molecule has 0 saturated carbocycles. The van der Waals surface area contributed by atoms with Crippen molar-refractivity contribution in [3.63, 3.8) is 0 Å². The molecule has 1 unspecified atom stereocenters. The number of carbonyl (C=O) groups is 2. The molecule has 0 aromatic carbocycles. The quantitative estimate of drug-likeness (QED) is 0.671. The molecule has 0 radical (unpaired) electrons. The number of carbonyl (C=O) groups excluding carboxylic acids is 2. The van der Waals surface area contributed by atoms with Crippen molar-refractivity contribution in [3.8, 4) is 0 Å². The lowest BCUT2D eigenvalue weighted by molar-refractivity contribution is -0.149. The van der Waals surface area contributed by atoms with Gasteiger partial charge in [-0.15, -0.1) is 0 Å².